The second-order valence-electron chi connectivity index (χ2n) is 9.10. The SMILES string of the molecule is C=CCOC(=O)c1sc(N2C(=O)C(=O)C(=C(O)c3c(C)nc4ccccn34)C2c2ccc(O)c(OCC)c2)nc1C. The lowest BCUT2D eigenvalue weighted by molar-refractivity contribution is -0.132. The number of carbonyl (C=O) groups is 3. The molecule has 1 aliphatic rings. The third kappa shape index (κ3) is 4.72. The van der Waals surface area contributed by atoms with Crippen LogP contribution in [0.5, 0.6) is 11.5 Å². The molecule has 0 aliphatic carbocycles. The van der Waals surface area contributed by atoms with Crippen LogP contribution in [0.2, 0.25) is 0 Å². The van der Waals surface area contributed by atoms with Crippen molar-refractivity contribution in [2.45, 2.75) is 26.8 Å². The number of phenolic OH excluding ortho intramolecular Hbond substituents is 1. The molecular weight excluding hydrogens is 548 g/mol. The Morgan fingerprint density at radius 3 is 2.68 bits per heavy atom. The van der Waals surface area contributed by atoms with E-state index in [0.29, 0.717) is 22.6 Å². The minimum Gasteiger partial charge on any atom is -0.505 e. The van der Waals surface area contributed by atoms with Crippen LogP contribution in [-0.2, 0) is 14.3 Å². The van der Waals surface area contributed by atoms with Gasteiger partial charge in [-0.25, -0.2) is 14.8 Å². The normalized spacial score (nSPS) is 16.4. The van der Waals surface area contributed by atoms with Crippen LogP contribution in [0.15, 0.2) is 60.8 Å². The number of ketones is 1. The first-order valence-corrected chi connectivity index (χ1v) is 13.5. The van der Waals surface area contributed by atoms with Crippen molar-refractivity contribution in [1.29, 1.82) is 0 Å². The number of hydrogen-bond acceptors (Lipinski definition) is 10. The van der Waals surface area contributed by atoms with Gasteiger partial charge in [-0.15, -0.1) is 0 Å². The summed E-state index contributed by atoms with van der Waals surface area (Å²) in [5.74, 6) is -2.99. The van der Waals surface area contributed by atoms with E-state index in [1.807, 2.05) is 0 Å². The van der Waals surface area contributed by atoms with E-state index in [1.54, 1.807) is 49.6 Å². The van der Waals surface area contributed by atoms with Crippen LogP contribution in [0.4, 0.5) is 5.13 Å². The van der Waals surface area contributed by atoms with E-state index >= 15 is 0 Å². The molecule has 1 saturated heterocycles. The van der Waals surface area contributed by atoms with E-state index in [0.717, 1.165) is 16.2 Å². The number of hydrogen-bond donors (Lipinski definition) is 2. The maximum Gasteiger partial charge on any atom is 0.350 e. The number of ether oxygens (including phenoxy) is 2. The summed E-state index contributed by atoms with van der Waals surface area (Å²) in [6.07, 6.45) is 3.12. The topological polar surface area (TPSA) is 144 Å². The fourth-order valence-corrected chi connectivity index (χ4v) is 5.71. The molecule has 0 bridgehead atoms. The fraction of sp³-hybridized carbons (Fsp3) is 0.207. The molecule has 0 radical (unpaired) electrons. The van der Waals surface area contributed by atoms with Gasteiger partial charge in [0.15, 0.2) is 22.4 Å². The molecule has 1 aliphatic heterocycles. The van der Waals surface area contributed by atoms with Crippen LogP contribution in [-0.4, -0.2) is 55.5 Å². The number of aliphatic hydroxyl groups is 1. The molecule has 5 rings (SSSR count). The van der Waals surface area contributed by atoms with Crippen LogP contribution in [0.3, 0.4) is 0 Å². The van der Waals surface area contributed by atoms with Gasteiger partial charge in [0.25, 0.3) is 5.78 Å². The van der Waals surface area contributed by atoms with Crippen LogP contribution in [0.25, 0.3) is 11.4 Å². The summed E-state index contributed by atoms with van der Waals surface area (Å²) in [6, 6.07) is 8.52. The number of anilines is 1. The first-order chi connectivity index (χ1) is 19.7. The molecule has 1 atom stereocenters. The van der Waals surface area contributed by atoms with Crippen molar-refractivity contribution in [2.75, 3.05) is 18.1 Å². The lowest BCUT2D eigenvalue weighted by atomic mass is 9.96. The smallest absolute Gasteiger partial charge is 0.350 e. The summed E-state index contributed by atoms with van der Waals surface area (Å²) in [6.45, 7) is 8.79. The molecule has 11 nitrogen and oxygen atoms in total. The molecule has 1 aromatic carbocycles. The zero-order valence-corrected chi connectivity index (χ0v) is 23.3. The number of fused-ring (bicyclic) bond motifs is 1. The summed E-state index contributed by atoms with van der Waals surface area (Å²) < 4.78 is 12.3. The molecule has 2 N–H and O–H groups in total. The molecule has 4 aromatic rings. The van der Waals surface area contributed by atoms with E-state index in [2.05, 4.69) is 16.5 Å². The maximum absolute atomic E-state index is 13.7. The number of carbonyl (C=O) groups excluding carboxylic acids is 3. The van der Waals surface area contributed by atoms with Gasteiger partial charge in [-0.05, 0) is 50.6 Å². The number of nitrogens with zero attached hydrogens (tertiary/aromatic N) is 4. The Labute approximate surface area is 238 Å². The first-order valence-electron chi connectivity index (χ1n) is 12.6. The van der Waals surface area contributed by atoms with E-state index in [9.17, 15) is 24.6 Å². The minimum atomic E-state index is -1.17. The number of aryl methyl sites for hydroxylation is 2. The number of rotatable bonds is 8. The second kappa shape index (κ2) is 10.9. The standard InChI is InChI=1S/C29H26N4O7S/c1-5-13-40-28(38)26-16(4)31-29(41-26)33-23(17-10-11-18(34)19(14-17)39-6-2)21(25(36)27(33)37)24(35)22-15(3)30-20-9-7-8-12-32(20)22/h5,7-12,14,23,34-35H,1,6,13H2,2-4H3. The quantitative estimate of drug-likeness (QED) is 0.102. The van der Waals surface area contributed by atoms with E-state index in [-0.39, 0.29) is 46.0 Å². The predicted molar refractivity (Wildman–Crippen MR) is 151 cm³/mol. The molecule has 1 unspecified atom stereocenters. The highest BCUT2D eigenvalue weighted by atomic mass is 32.1. The van der Waals surface area contributed by atoms with E-state index in [4.69, 9.17) is 9.47 Å². The Balaban J connectivity index is 1.74. The molecule has 1 fully saturated rings. The van der Waals surface area contributed by atoms with Crippen molar-refractivity contribution in [3.63, 3.8) is 0 Å². The Morgan fingerprint density at radius 2 is 1.95 bits per heavy atom. The van der Waals surface area contributed by atoms with Crippen LogP contribution in [0, 0.1) is 13.8 Å². The molecular formula is C29H26N4O7S. The average Bonchev–Trinajstić information content (AvgIpc) is 3.58. The van der Waals surface area contributed by atoms with Crippen molar-refractivity contribution >= 4 is 45.5 Å². The Hall–Kier alpha value is -4.97. The number of amides is 1. The monoisotopic (exact) mass is 574 g/mol. The second-order valence-corrected chi connectivity index (χ2v) is 10.1. The molecule has 4 heterocycles. The number of aromatic nitrogens is 3. The molecule has 0 spiro atoms. The van der Waals surface area contributed by atoms with Gasteiger partial charge in [-0.3, -0.25) is 18.9 Å². The highest BCUT2D eigenvalue weighted by molar-refractivity contribution is 7.17. The van der Waals surface area contributed by atoms with Crippen molar-refractivity contribution in [2.24, 2.45) is 0 Å². The molecule has 0 saturated carbocycles. The van der Waals surface area contributed by atoms with Gasteiger partial charge in [0, 0.05) is 6.20 Å². The zero-order valence-electron chi connectivity index (χ0n) is 22.5. The highest BCUT2D eigenvalue weighted by Crippen LogP contribution is 2.45. The number of aromatic hydroxyl groups is 1. The number of benzene rings is 1. The molecule has 210 valence electrons. The van der Waals surface area contributed by atoms with Crippen molar-refractivity contribution in [3.05, 3.63) is 88.3 Å². The summed E-state index contributed by atoms with van der Waals surface area (Å²) in [7, 11) is 0. The average molecular weight is 575 g/mol. The van der Waals surface area contributed by atoms with E-state index < -0.39 is 29.5 Å². The highest BCUT2D eigenvalue weighted by Gasteiger charge is 2.49. The third-order valence-corrected chi connectivity index (χ3v) is 7.62. The fourth-order valence-electron chi connectivity index (χ4n) is 4.72. The number of aliphatic hydroxyl groups excluding tert-OH is 1. The Bertz CT molecular complexity index is 1750. The Morgan fingerprint density at radius 1 is 1.17 bits per heavy atom. The number of Topliss-reactive ketones (excluding diaryl/α,β-unsaturated/α-hetero) is 1. The number of pyridine rings is 1. The van der Waals surface area contributed by atoms with Gasteiger partial charge >= 0.3 is 11.9 Å². The van der Waals surface area contributed by atoms with Gasteiger partial charge in [0.05, 0.1) is 29.6 Å². The molecule has 3 aromatic heterocycles. The molecule has 41 heavy (non-hydrogen) atoms. The van der Waals surface area contributed by atoms with Gasteiger partial charge in [0.2, 0.25) is 0 Å². The van der Waals surface area contributed by atoms with Gasteiger partial charge in [0.1, 0.15) is 22.8 Å². The van der Waals surface area contributed by atoms with Gasteiger partial charge in [-0.1, -0.05) is 36.1 Å². The maximum atomic E-state index is 13.7. The lowest BCUT2D eigenvalue weighted by Crippen LogP contribution is -2.29. The summed E-state index contributed by atoms with van der Waals surface area (Å²) in [5.41, 5.74) is 1.69. The number of imidazole rings is 1. The summed E-state index contributed by atoms with van der Waals surface area (Å²) in [4.78, 5) is 50.1. The summed E-state index contributed by atoms with van der Waals surface area (Å²) in [5, 5.41) is 22.1. The predicted octanol–water partition coefficient (Wildman–Crippen LogP) is 4.48. The van der Waals surface area contributed by atoms with Crippen molar-refractivity contribution in [1.82, 2.24) is 14.4 Å². The van der Waals surface area contributed by atoms with Gasteiger partial charge in [-0.2, -0.15) is 0 Å². The van der Waals surface area contributed by atoms with Gasteiger partial charge < -0.3 is 19.7 Å². The minimum absolute atomic E-state index is 0.0115. The summed E-state index contributed by atoms with van der Waals surface area (Å²) >= 11 is 0.885. The number of phenols is 1. The Kier molecular flexibility index (Phi) is 7.33. The molecule has 1 amide bonds. The van der Waals surface area contributed by atoms with Crippen LogP contribution < -0.4 is 9.64 Å². The van der Waals surface area contributed by atoms with E-state index in [1.165, 1.54) is 24.3 Å². The first kappa shape index (κ1) is 27.6. The van der Waals surface area contributed by atoms with Crippen molar-refractivity contribution in [3.8, 4) is 11.5 Å². The lowest BCUT2D eigenvalue weighted by Gasteiger charge is -2.23. The largest absolute Gasteiger partial charge is 0.505 e. The molecule has 12 heteroatoms. The third-order valence-electron chi connectivity index (χ3n) is 6.48. The number of thiazole rings is 1. The zero-order chi connectivity index (χ0) is 29.4. The van der Waals surface area contributed by atoms with Crippen LogP contribution in [0.1, 0.15) is 45.3 Å². The van der Waals surface area contributed by atoms with Crippen molar-refractivity contribution < 1.29 is 34.1 Å². The number of esters is 1. The van der Waals surface area contributed by atoms with Crippen LogP contribution >= 0.6 is 11.3 Å².